The quantitative estimate of drug-likeness (QED) is 0.546. The maximum atomic E-state index is 12.7. The molecule has 0 spiro atoms. The van der Waals surface area contributed by atoms with E-state index in [4.69, 9.17) is 12.2 Å². The predicted molar refractivity (Wildman–Crippen MR) is 119 cm³/mol. The van der Waals surface area contributed by atoms with Gasteiger partial charge >= 0.3 is 0 Å². The van der Waals surface area contributed by atoms with Crippen LogP contribution in [0.2, 0.25) is 0 Å². The number of rotatable bonds is 5. The molecule has 1 aromatic carbocycles. The van der Waals surface area contributed by atoms with E-state index in [-0.39, 0.29) is 11.8 Å². The normalized spacial score (nSPS) is 20.4. The minimum atomic E-state index is -0.109. The Bertz CT molecular complexity index is 812. The van der Waals surface area contributed by atoms with Crippen molar-refractivity contribution in [3.05, 3.63) is 52.4 Å². The van der Waals surface area contributed by atoms with Gasteiger partial charge in [0, 0.05) is 39.1 Å². The van der Waals surface area contributed by atoms with Gasteiger partial charge in [-0.15, -0.1) is 0 Å². The number of benzene rings is 1. The lowest BCUT2D eigenvalue weighted by molar-refractivity contribution is -0.133. The van der Waals surface area contributed by atoms with Gasteiger partial charge in [0.1, 0.15) is 4.32 Å². The second-order valence-corrected chi connectivity index (χ2v) is 8.74. The minimum Gasteiger partial charge on any atom is -0.340 e. The van der Waals surface area contributed by atoms with E-state index in [1.807, 2.05) is 54.3 Å². The third kappa shape index (κ3) is 5.31. The molecule has 0 radical (unpaired) electrons. The number of nitrogens with zero attached hydrogens (tertiary/aromatic N) is 3. The van der Waals surface area contributed by atoms with Gasteiger partial charge in [0.05, 0.1) is 4.91 Å². The van der Waals surface area contributed by atoms with Crippen molar-refractivity contribution in [2.45, 2.75) is 13.3 Å². The van der Waals surface area contributed by atoms with Crippen LogP contribution in [0.3, 0.4) is 0 Å². The summed E-state index contributed by atoms with van der Waals surface area (Å²) >= 11 is 6.68. The van der Waals surface area contributed by atoms with Crippen molar-refractivity contribution in [1.82, 2.24) is 14.7 Å². The molecular formula is C21H25N3O2S2. The van der Waals surface area contributed by atoms with Crippen LogP contribution in [0.5, 0.6) is 0 Å². The molecule has 0 unspecified atom stereocenters. The molecule has 0 atom stereocenters. The van der Waals surface area contributed by atoms with E-state index in [2.05, 4.69) is 11.9 Å². The Balaban J connectivity index is 1.59. The number of thiocarbonyl (C=S) groups is 1. The molecule has 2 fully saturated rings. The number of amides is 2. The molecule has 0 aliphatic carbocycles. The van der Waals surface area contributed by atoms with Crippen molar-refractivity contribution < 1.29 is 9.59 Å². The van der Waals surface area contributed by atoms with Gasteiger partial charge < -0.3 is 9.80 Å². The van der Waals surface area contributed by atoms with Crippen molar-refractivity contribution in [2.75, 3.05) is 39.8 Å². The smallest absolute Gasteiger partial charge is 0.266 e. The van der Waals surface area contributed by atoms with Crippen LogP contribution >= 0.6 is 24.0 Å². The molecule has 0 aromatic heterocycles. The largest absolute Gasteiger partial charge is 0.340 e. The zero-order valence-electron chi connectivity index (χ0n) is 16.3. The molecule has 2 aliphatic rings. The summed E-state index contributed by atoms with van der Waals surface area (Å²) in [6.07, 6.45) is 4.21. The predicted octanol–water partition coefficient (Wildman–Crippen LogP) is 3.00. The molecule has 2 amide bonds. The molecule has 0 N–H and O–H groups in total. The van der Waals surface area contributed by atoms with E-state index < -0.39 is 0 Å². The van der Waals surface area contributed by atoms with Crippen molar-refractivity contribution in [2.24, 2.45) is 0 Å². The maximum Gasteiger partial charge on any atom is 0.266 e. The van der Waals surface area contributed by atoms with Crippen molar-refractivity contribution in [1.29, 1.82) is 0 Å². The number of hydrogen-bond acceptors (Lipinski definition) is 5. The highest BCUT2D eigenvalue weighted by molar-refractivity contribution is 8.26. The van der Waals surface area contributed by atoms with Crippen LogP contribution in [-0.4, -0.2) is 70.6 Å². The molecule has 0 bridgehead atoms. The Labute approximate surface area is 176 Å². The minimum absolute atomic E-state index is 0.0892. The Hall–Kier alpha value is -1.96. The van der Waals surface area contributed by atoms with E-state index >= 15 is 0 Å². The van der Waals surface area contributed by atoms with Gasteiger partial charge in [0.25, 0.3) is 5.91 Å². The molecule has 1 aromatic rings. The number of allylic oxidation sites excluding steroid dienone is 2. The Morgan fingerprint density at radius 2 is 1.86 bits per heavy atom. The fraction of sp³-hybridized carbons (Fsp3) is 0.381. The van der Waals surface area contributed by atoms with Gasteiger partial charge in [-0.25, -0.2) is 0 Å². The lowest BCUT2D eigenvalue weighted by Gasteiger charge is -2.32. The summed E-state index contributed by atoms with van der Waals surface area (Å²) in [6.45, 7) is 5.59. The first-order valence-corrected chi connectivity index (χ1v) is 10.6. The van der Waals surface area contributed by atoms with Crippen molar-refractivity contribution >= 4 is 46.2 Å². The number of carbonyl (C=O) groups excluding carboxylic acids is 2. The van der Waals surface area contributed by atoms with Crippen molar-refractivity contribution in [3.8, 4) is 0 Å². The highest BCUT2D eigenvalue weighted by atomic mass is 32.2. The molecule has 2 heterocycles. The second kappa shape index (κ2) is 9.49. The number of likely N-dealkylation sites (N-methyl/N-ethyl adjacent to an activating group) is 1. The van der Waals surface area contributed by atoms with Crippen LogP contribution in [0.15, 0.2) is 46.9 Å². The van der Waals surface area contributed by atoms with Crippen LogP contribution < -0.4 is 0 Å². The van der Waals surface area contributed by atoms with Crippen molar-refractivity contribution in [3.63, 3.8) is 0 Å². The zero-order valence-corrected chi connectivity index (χ0v) is 17.9. The molecular weight excluding hydrogens is 390 g/mol. The van der Waals surface area contributed by atoms with Gasteiger partial charge in [-0.1, -0.05) is 60.4 Å². The van der Waals surface area contributed by atoms with E-state index in [1.165, 1.54) is 11.8 Å². The molecule has 0 saturated carbocycles. The van der Waals surface area contributed by atoms with Gasteiger partial charge in [0.2, 0.25) is 5.91 Å². The summed E-state index contributed by atoms with van der Waals surface area (Å²) in [6, 6.07) is 9.98. The lowest BCUT2D eigenvalue weighted by Crippen LogP contribution is -2.47. The molecule has 7 heteroatoms. The molecule has 2 aliphatic heterocycles. The number of piperazine rings is 1. The average Bonchev–Trinajstić information content (AvgIpc) is 2.94. The van der Waals surface area contributed by atoms with Gasteiger partial charge in [0.15, 0.2) is 0 Å². The molecule has 148 valence electrons. The fourth-order valence-electron chi connectivity index (χ4n) is 3.17. The second-order valence-electron chi connectivity index (χ2n) is 7.07. The summed E-state index contributed by atoms with van der Waals surface area (Å²) in [7, 11) is 2.06. The highest BCUT2D eigenvalue weighted by Gasteiger charge is 2.32. The molecule has 28 heavy (non-hydrogen) atoms. The summed E-state index contributed by atoms with van der Waals surface area (Å²) < 4.78 is 0.523. The fourth-order valence-corrected chi connectivity index (χ4v) is 4.53. The summed E-state index contributed by atoms with van der Waals surface area (Å²) in [5, 5.41) is 0. The lowest BCUT2D eigenvalue weighted by atomic mass is 10.1. The average molecular weight is 416 g/mol. The van der Waals surface area contributed by atoms with E-state index in [0.717, 1.165) is 37.3 Å². The number of carbonyl (C=O) groups is 2. The zero-order chi connectivity index (χ0) is 20.1. The molecule has 2 saturated heterocycles. The summed E-state index contributed by atoms with van der Waals surface area (Å²) in [4.78, 5) is 31.4. The maximum absolute atomic E-state index is 12.7. The standard InChI is InChI=1S/C21H25N3O2S2/c1-16(14-17-6-4-3-5-7-17)15-18-20(26)24(21(27)28-18)9-8-19(25)23-12-10-22(2)11-13-23/h3-7,14-15H,8-13H2,1-2H3/b16-14?,18-15-. The van der Waals surface area contributed by atoms with Gasteiger partial charge in [-0.3, -0.25) is 14.5 Å². The highest BCUT2D eigenvalue weighted by Crippen LogP contribution is 2.32. The SMILES string of the molecule is CC(=Cc1ccccc1)/C=C1\SC(=S)N(CCC(=O)N2CCN(C)CC2)C1=O. The summed E-state index contributed by atoms with van der Waals surface area (Å²) in [5.41, 5.74) is 2.07. The van der Waals surface area contributed by atoms with Crippen LogP contribution in [0, 0.1) is 0 Å². The Morgan fingerprint density at radius 1 is 1.18 bits per heavy atom. The van der Waals surface area contributed by atoms with Crippen LogP contribution in [0.25, 0.3) is 6.08 Å². The van der Waals surface area contributed by atoms with E-state index in [9.17, 15) is 9.59 Å². The first kappa shape index (κ1) is 20.8. The number of thioether (sulfide) groups is 1. The first-order valence-electron chi connectivity index (χ1n) is 9.39. The Morgan fingerprint density at radius 3 is 2.54 bits per heavy atom. The summed E-state index contributed by atoms with van der Waals surface area (Å²) in [5.74, 6) is -0.0201. The topological polar surface area (TPSA) is 43.9 Å². The third-order valence-corrected chi connectivity index (χ3v) is 6.21. The number of hydrogen-bond donors (Lipinski definition) is 0. The monoisotopic (exact) mass is 415 g/mol. The van der Waals surface area contributed by atoms with Crippen LogP contribution in [0.4, 0.5) is 0 Å². The van der Waals surface area contributed by atoms with Gasteiger partial charge in [-0.2, -0.15) is 0 Å². The van der Waals surface area contributed by atoms with Crippen LogP contribution in [0.1, 0.15) is 18.9 Å². The molecule has 3 rings (SSSR count). The third-order valence-electron chi connectivity index (χ3n) is 4.83. The Kier molecular flexibility index (Phi) is 7.04. The van der Waals surface area contributed by atoms with E-state index in [0.29, 0.717) is 22.2 Å². The van der Waals surface area contributed by atoms with Gasteiger partial charge in [-0.05, 0) is 31.2 Å². The first-order chi connectivity index (χ1) is 13.4. The van der Waals surface area contributed by atoms with Crippen LogP contribution in [-0.2, 0) is 9.59 Å². The molecule has 5 nitrogen and oxygen atoms in total. The van der Waals surface area contributed by atoms with E-state index in [1.54, 1.807) is 4.90 Å².